The summed E-state index contributed by atoms with van der Waals surface area (Å²) in [6.07, 6.45) is 0. The van der Waals surface area contributed by atoms with Gasteiger partial charge < -0.3 is 15.5 Å². The first kappa shape index (κ1) is 15.8. The molecule has 0 aliphatic carbocycles. The Kier molecular flexibility index (Phi) is 6.17. The molecule has 0 fully saturated rings. The van der Waals surface area contributed by atoms with Gasteiger partial charge in [0.05, 0.1) is 5.56 Å². The van der Waals surface area contributed by atoms with Crippen LogP contribution >= 0.6 is 28.6 Å². The van der Waals surface area contributed by atoms with E-state index < -0.39 is 0 Å². The van der Waals surface area contributed by atoms with Crippen LogP contribution in [0.5, 0.6) is 0 Å². The molecule has 1 aromatic rings. The SMILES string of the molecule is CN(C)C(=O)NCCNC(=O)c1cc(S)ccc1Br. The van der Waals surface area contributed by atoms with Crippen molar-refractivity contribution in [3.8, 4) is 0 Å². The lowest BCUT2D eigenvalue weighted by Crippen LogP contribution is -2.39. The second kappa shape index (κ2) is 7.40. The van der Waals surface area contributed by atoms with Crippen LogP contribution in [-0.2, 0) is 0 Å². The highest BCUT2D eigenvalue weighted by Gasteiger charge is 2.10. The summed E-state index contributed by atoms with van der Waals surface area (Å²) in [6, 6.07) is 5.06. The number of carbonyl (C=O) groups excluding carboxylic acids is 2. The first-order chi connectivity index (χ1) is 8.91. The Balaban J connectivity index is 2.44. The third-order valence-corrected chi connectivity index (χ3v) is 3.26. The summed E-state index contributed by atoms with van der Waals surface area (Å²) in [5, 5.41) is 5.39. The van der Waals surface area contributed by atoms with Gasteiger partial charge >= 0.3 is 6.03 Å². The van der Waals surface area contributed by atoms with Crippen molar-refractivity contribution in [2.75, 3.05) is 27.2 Å². The van der Waals surface area contributed by atoms with E-state index in [0.29, 0.717) is 28.0 Å². The van der Waals surface area contributed by atoms with Gasteiger partial charge in [0.2, 0.25) is 0 Å². The molecule has 5 nitrogen and oxygen atoms in total. The van der Waals surface area contributed by atoms with Crippen LogP contribution in [0.1, 0.15) is 10.4 Å². The Labute approximate surface area is 126 Å². The van der Waals surface area contributed by atoms with E-state index in [1.165, 1.54) is 4.90 Å². The van der Waals surface area contributed by atoms with Crippen molar-refractivity contribution >= 4 is 40.5 Å². The number of nitrogens with zero attached hydrogens (tertiary/aromatic N) is 1. The highest BCUT2D eigenvalue weighted by atomic mass is 79.9. The normalized spacial score (nSPS) is 9.89. The molecule has 0 saturated carbocycles. The zero-order valence-corrected chi connectivity index (χ0v) is 13.2. The minimum Gasteiger partial charge on any atom is -0.350 e. The van der Waals surface area contributed by atoms with Crippen LogP contribution in [0.4, 0.5) is 4.79 Å². The van der Waals surface area contributed by atoms with Crippen molar-refractivity contribution in [3.05, 3.63) is 28.2 Å². The number of halogens is 1. The van der Waals surface area contributed by atoms with Crippen molar-refractivity contribution in [1.29, 1.82) is 0 Å². The van der Waals surface area contributed by atoms with Crippen LogP contribution in [0, 0.1) is 0 Å². The maximum absolute atomic E-state index is 11.9. The molecule has 0 atom stereocenters. The van der Waals surface area contributed by atoms with Gasteiger partial charge in [0.1, 0.15) is 0 Å². The predicted octanol–water partition coefficient (Wildman–Crippen LogP) is 1.74. The molecule has 0 aromatic heterocycles. The monoisotopic (exact) mass is 345 g/mol. The first-order valence-electron chi connectivity index (χ1n) is 5.63. The van der Waals surface area contributed by atoms with E-state index in [4.69, 9.17) is 0 Å². The quantitative estimate of drug-likeness (QED) is 0.575. The Morgan fingerprint density at radius 3 is 2.53 bits per heavy atom. The van der Waals surface area contributed by atoms with Gasteiger partial charge in [0, 0.05) is 36.6 Å². The lowest BCUT2D eigenvalue weighted by atomic mass is 10.2. The van der Waals surface area contributed by atoms with E-state index in [-0.39, 0.29) is 11.9 Å². The largest absolute Gasteiger partial charge is 0.350 e. The van der Waals surface area contributed by atoms with Crippen molar-refractivity contribution in [2.24, 2.45) is 0 Å². The number of amides is 3. The van der Waals surface area contributed by atoms with E-state index >= 15 is 0 Å². The molecular formula is C12H16BrN3O2S. The second-order valence-electron chi connectivity index (χ2n) is 4.05. The minimum atomic E-state index is -0.207. The van der Waals surface area contributed by atoms with Crippen LogP contribution in [0.2, 0.25) is 0 Å². The van der Waals surface area contributed by atoms with Crippen LogP contribution in [-0.4, -0.2) is 44.0 Å². The smallest absolute Gasteiger partial charge is 0.316 e. The fourth-order valence-corrected chi connectivity index (χ4v) is 1.92. The number of carbonyl (C=O) groups is 2. The van der Waals surface area contributed by atoms with Crippen molar-refractivity contribution in [2.45, 2.75) is 4.90 Å². The highest BCUT2D eigenvalue weighted by Crippen LogP contribution is 2.19. The summed E-state index contributed by atoms with van der Waals surface area (Å²) < 4.78 is 0.708. The Morgan fingerprint density at radius 1 is 1.26 bits per heavy atom. The summed E-state index contributed by atoms with van der Waals surface area (Å²) in [5.74, 6) is -0.207. The number of nitrogens with one attached hydrogen (secondary N) is 2. The van der Waals surface area contributed by atoms with Crippen molar-refractivity contribution in [3.63, 3.8) is 0 Å². The zero-order chi connectivity index (χ0) is 14.4. The van der Waals surface area contributed by atoms with Gasteiger partial charge in [-0.1, -0.05) is 0 Å². The van der Waals surface area contributed by atoms with Crippen molar-refractivity contribution < 1.29 is 9.59 Å². The van der Waals surface area contributed by atoms with Gasteiger partial charge in [-0.2, -0.15) is 0 Å². The minimum absolute atomic E-state index is 0.187. The molecule has 0 spiro atoms. The average Bonchev–Trinajstić information content (AvgIpc) is 2.36. The number of benzene rings is 1. The molecule has 3 amide bonds. The number of thiol groups is 1. The number of hydrogen-bond donors (Lipinski definition) is 3. The summed E-state index contributed by atoms with van der Waals surface area (Å²) >= 11 is 7.50. The average molecular weight is 346 g/mol. The third-order valence-electron chi connectivity index (χ3n) is 2.29. The third kappa shape index (κ3) is 5.12. The van der Waals surface area contributed by atoms with E-state index in [2.05, 4.69) is 39.2 Å². The summed E-state index contributed by atoms with van der Waals surface area (Å²) in [5.41, 5.74) is 0.520. The molecule has 2 N–H and O–H groups in total. The van der Waals surface area contributed by atoms with Crippen LogP contribution in [0.3, 0.4) is 0 Å². The van der Waals surface area contributed by atoms with E-state index in [0.717, 1.165) is 0 Å². The highest BCUT2D eigenvalue weighted by molar-refractivity contribution is 9.10. The molecule has 7 heteroatoms. The molecule has 0 unspecified atom stereocenters. The van der Waals surface area contributed by atoms with Gasteiger partial charge in [0.25, 0.3) is 5.91 Å². The maximum Gasteiger partial charge on any atom is 0.316 e. The van der Waals surface area contributed by atoms with Gasteiger partial charge in [-0.05, 0) is 34.1 Å². The molecule has 0 radical (unpaired) electrons. The Bertz CT molecular complexity index is 480. The molecule has 104 valence electrons. The van der Waals surface area contributed by atoms with Gasteiger partial charge in [-0.15, -0.1) is 12.6 Å². The van der Waals surface area contributed by atoms with E-state index in [1.807, 2.05) is 0 Å². The fourth-order valence-electron chi connectivity index (χ4n) is 1.29. The molecule has 0 saturated heterocycles. The van der Waals surface area contributed by atoms with E-state index in [1.54, 1.807) is 32.3 Å². The molecule has 1 aromatic carbocycles. The summed E-state index contributed by atoms with van der Waals surface area (Å²) in [4.78, 5) is 25.3. The molecular weight excluding hydrogens is 330 g/mol. The number of hydrogen-bond acceptors (Lipinski definition) is 3. The maximum atomic E-state index is 11.9. The first-order valence-corrected chi connectivity index (χ1v) is 6.87. The predicted molar refractivity (Wildman–Crippen MR) is 80.8 cm³/mol. The lowest BCUT2D eigenvalue weighted by molar-refractivity contribution is 0.0952. The lowest BCUT2D eigenvalue weighted by Gasteiger charge is -2.12. The molecule has 0 bridgehead atoms. The van der Waals surface area contributed by atoms with Gasteiger partial charge in [-0.25, -0.2) is 4.79 Å². The van der Waals surface area contributed by atoms with Gasteiger partial charge in [0.15, 0.2) is 0 Å². The number of rotatable bonds is 4. The molecule has 19 heavy (non-hydrogen) atoms. The van der Waals surface area contributed by atoms with Crippen molar-refractivity contribution in [1.82, 2.24) is 15.5 Å². The Hall–Kier alpha value is -1.21. The molecule has 0 aliphatic heterocycles. The molecule has 0 aliphatic rings. The topological polar surface area (TPSA) is 61.4 Å². The fraction of sp³-hybridized carbons (Fsp3) is 0.333. The standard InChI is InChI=1S/C12H16BrN3O2S/c1-16(2)12(18)15-6-5-14-11(17)9-7-8(19)3-4-10(9)13/h3-4,7,19H,5-6H2,1-2H3,(H,14,17)(H,15,18). The molecule has 0 heterocycles. The molecule has 1 rings (SSSR count). The Morgan fingerprint density at radius 2 is 1.89 bits per heavy atom. The van der Waals surface area contributed by atoms with Gasteiger partial charge in [-0.3, -0.25) is 4.79 Å². The summed E-state index contributed by atoms with van der Waals surface area (Å²) in [7, 11) is 3.31. The van der Waals surface area contributed by atoms with Crippen LogP contribution in [0.25, 0.3) is 0 Å². The summed E-state index contributed by atoms with van der Waals surface area (Å²) in [6.45, 7) is 0.739. The zero-order valence-electron chi connectivity index (χ0n) is 10.7. The van der Waals surface area contributed by atoms with Crippen LogP contribution < -0.4 is 10.6 Å². The number of urea groups is 1. The second-order valence-corrected chi connectivity index (χ2v) is 5.42. The van der Waals surface area contributed by atoms with Crippen LogP contribution in [0.15, 0.2) is 27.6 Å². The van der Waals surface area contributed by atoms with E-state index in [9.17, 15) is 9.59 Å².